The van der Waals surface area contributed by atoms with E-state index >= 15 is 0 Å². The predicted octanol–water partition coefficient (Wildman–Crippen LogP) is 4.19. The molecule has 0 unspecified atom stereocenters. The van der Waals surface area contributed by atoms with Gasteiger partial charge in [0.15, 0.2) is 5.65 Å². The average Bonchev–Trinajstić information content (AvgIpc) is 3.58. The number of piperidine rings is 2. The van der Waals surface area contributed by atoms with Crippen LogP contribution in [0.1, 0.15) is 51.5 Å². The number of fused-ring (bicyclic) bond motifs is 1. The third-order valence-electron chi connectivity index (χ3n) is 9.98. The summed E-state index contributed by atoms with van der Waals surface area (Å²) in [7, 11) is 0. The number of rotatable bonds is 7. The zero-order chi connectivity index (χ0) is 34.1. The maximum Gasteiger partial charge on any atom is 0.335 e. The van der Waals surface area contributed by atoms with Gasteiger partial charge in [0.2, 0.25) is 5.91 Å². The molecule has 0 spiro atoms. The molecule has 2 aromatic heterocycles. The minimum absolute atomic E-state index is 0.0154. The second kappa shape index (κ2) is 13.2. The van der Waals surface area contributed by atoms with E-state index in [1.807, 2.05) is 71.4 Å². The Kier molecular flexibility index (Phi) is 8.60. The molecule has 2 aliphatic heterocycles. The van der Waals surface area contributed by atoms with Crippen molar-refractivity contribution >= 4 is 28.8 Å². The van der Waals surface area contributed by atoms with E-state index in [4.69, 9.17) is 0 Å². The van der Waals surface area contributed by atoms with Crippen LogP contribution >= 0.6 is 0 Å². The van der Waals surface area contributed by atoms with E-state index in [0.717, 1.165) is 11.3 Å². The van der Waals surface area contributed by atoms with Crippen LogP contribution in [0.15, 0.2) is 108 Å². The van der Waals surface area contributed by atoms with E-state index in [9.17, 15) is 29.4 Å². The smallest absolute Gasteiger partial charge is 0.335 e. The third-order valence-corrected chi connectivity index (χ3v) is 9.98. The van der Waals surface area contributed by atoms with Gasteiger partial charge in [-0.1, -0.05) is 54.6 Å². The number of aliphatic hydroxyl groups is 1. The number of carbonyl (C=O) groups excluding carboxylic acids is 2. The van der Waals surface area contributed by atoms with E-state index in [2.05, 4.69) is 4.98 Å². The molecule has 2 saturated heterocycles. The SMILES string of the molecule is O=C(O)c1cccc(C(=O)N2CC[C@@H](C(=O)N3CCC(O)(Cn4cnc5c(ccn5-c5ccccc5)c4=O)CC3)[C@H](c3ccccc3)C2)c1. The maximum absolute atomic E-state index is 14.1. The molecule has 0 aliphatic carbocycles. The standard InChI is InChI=1S/C38H37N5O6/c44-34(27-10-7-11-28(22-27)37(47)48)41-18-14-30(32(23-41)26-8-3-1-4-9-26)35(45)40-20-16-38(49,17-21-40)24-42-25-39-33-31(36(42)46)15-19-43(33)29-12-5-2-6-13-29/h1-13,15,19,22,25,30,32,49H,14,16-18,20-21,23-24H2,(H,47,48)/t30-,32+/m1/s1. The summed E-state index contributed by atoms with van der Waals surface area (Å²) in [6.07, 6.45) is 4.37. The van der Waals surface area contributed by atoms with Crippen LogP contribution in [-0.2, 0) is 11.3 Å². The molecule has 2 N–H and O–H groups in total. The summed E-state index contributed by atoms with van der Waals surface area (Å²) in [5.41, 5.74) is 1.34. The molecule has 2 amide bonds. The summed E-state index contributed by atoms with van der Waals surface area (Å²) in [6, 6.07) is 27.1. The highest BCUT2D eigenvalue weighted by atomic mass is 16.4. The van der Waals surface area contributed by atoms with Crippen LogP contribution in [0.2, 0.25) is 0 Å². The molecule has 4 heterocycles. The van der Waals surface area contributed by atoms with Crippen molar-refractivity contribution in [3.63, 3.8) is 0 Å². The third kappa shape index (κ3) is 6.37. The fraction of sp³-hybridized carbons (Fsp3) is 0.289. The molecular weight excluding hydrogens is 622 g/mol. The predicted molar refractivity (Wildman–Crippen MR) is 183 cm³/mol. The van der Waals surface area contributed by atoms with Crippen LogP contribution in [0.5, 0.6) is 0 Å². The highest BCUT2D eigenvalue weighted by Crippen LogP contribution is 2.36. The Balaban J connectivity index is 1.04. The molecule has 2 atom stereocenters. The van der Waals surface area contributed by atoms with Gasteiger partial charge in [-0.15, -0.1) is 0 Å². The number of aromatic nitrogens is 3. The van der Waals surface area contributed by atoms with Crippen LogP contribution < -0.4 is 5.56 Å². The van der Waals surface area contributed by atoms with Crippen molar-refractivity contribution in [1.82, 2.24) is 23.9 Å². The second-order valence-corrected chi connectivity index (χ2v) is 13.0. The molecule has 0 radical (unpaired) electrons. The molecule has 3 aromatic carbocycles. The van der Waals surface area contributed by atoms with E-state index in [1.165, 1.54) is 23.0 Å². The first-order valence-corrected chi connectivity index (χ1v) is 16.5. The van der Waals surface area contributed by atoms with Gasteiger partial charge in [0.05, 0.1) is 23.1 Å². The van der Waals surface area contributed by atoms with Gasteiger partial charge in [-0.2, -0.15) is 0 Å². The van der Waals surface area contributed by atoms with Gasteiger partial charge in [0, 0.05) is 55.5 Å². The van der Waals surface area contributed by atoms with Gasteiger partial charge in [-0.05, 0) is 61.2 Å². The zero-order valence-electron chi connectivity index (χ0n) is 26.9. The van der Waals surface area contributed by atoms with Gasteiger partial charge in [-0.3, -0.25) is 19.0 Å². The molecule has 11 heteroatoms. The van der Waals surface area contributed by atoms with E-state index < -0.39 is 11.6 Å². The van der Waals surface area contributed by atoms with Gasteiger partial charge in [-0.25, -0.2) is 9.78 Å². The lowest BCUT2D eigenvalue weighted by Gasteiger charge is -2.43. The Labute approximate surface area is 282 Å². The molecule has 250 valence electrons. The number of likely N-dealkylation sites (tertiary alicyclic amines) is 2. The van der Waals surface area contributed by atoms with Crippen molar-refractivity contribution < 1.29 is 24.6 Å². The molecule has 2 aliphatic rings. The van der Waals surface area contributed by atoms with Crippen LogP contribution in [0.25, 0.3) is 16.7 Å². The van der Waals surface area contributed by atoms with Gasteiger partial charge < -0.3 is 24.6 Å². The summed E-state index contributed by atoms with van der Waals surface area (Å²) in [5.74, 6) is -2.01. The van der Waals surface area contributed by atoms with Crippen molar-refractivity contribution in [3.05, 3.63) is 131 Å². The Morgan fingerprint density at radius 1 is 0.837 bits per heavy atom. The Morgan fingerprint density at radius 2 is 1.53 bits per heavy atom. The highest BCUT2D eigenvalue weighted by Gasteiger charge is 2.41. The van der Waals surface area contributed by atoms with Crippen molar-refractivity contribution in [3.8, 4) is 5.69 Å². The van der Waals surface area contributed by atoms with Gasteiger partial charge in [0.1, 0.15) is 6.33 Å². The van der Waals surface area contributed by atoms with Crippen LogP contribution in [0, 0.1) is 5.92 Å². The lowest BCUT2D eigenvalue weighted by Crippen LogP contribution is -2.53. The fourth-order valence-corrected chi connectivity index (χ4v) is 7.25. The van der Waals surface area contributed by atoms with Crippen molar-refractivity contribution in [2.45, 2.75) is 37.3 Å². The summed E-state index contributed by atoms with van der Waals surface area (Å²) in [5, 5.41) is 21.5. The first kappa shape index (κ1) is 32.0. The number of carbonyl (C=O) groups is 3. The van der Waals surface area contributed by atoms with Gasteiger partial charge >= 0.3 is 5.97 Å². The molecule has 2 fully saturated rings. The minimum atomic E-state index is -1.18. The lowest BCUT2D eigenvalue weighted by molar-refractivity contribution is -0.142. The number of nitrogens with zero attached hydrogens (tertiary/aromatic N) is 5. The van der Waals surface area contributed by atoms with Crippen molar-refractivity contribution in [2.75, 3.05) is 26.2 Å². The van der Waals surface area contributed by atoms with E-state index in [0.29, 0.717) is 62.0 Å². The largest absolute Gasteiger partial charge is 0.478 e. The molecular formula is C38H37N5O6. The summed E-state index contributed by atoms with van der Waals surface area (Å²) >= 11 is 0. The van der Waals surface area contributed by atoms with E-state index in [-0.39, 0.29) is 41.3 Å². The second-order valence-electron chi connectivity index (χ2n) is 13.0. The fourth-order valence-electron chi connectivity index (χ4n) is 7.25. The number of hydrogen-bond acceptors (Lipinski definition) is 6. The maximum atomic E-state index is 14.1. The number of para-hydroxylation sites is 1. The first-order valence-electron chi connectivity index (χ1n) is 16.5. The highest BCUT2D eigenvalue weighted by molar-refractivity contribution is 5.97. The van der Waals surface area contributed by atoms with Gasteiger partial charge in [0.25, 0.3) is 11.5 Å². The topological polar surface area (TPSA) is 138 Å². The van der Waals surface area contributed by atoms with Crippen LogP contribution in [0.3, 0.4) is 0 Å². The van der Waals surface area contributed by atoms with Crippen molar-refractivity contribution in [1.29, 1.82) is 0 Å². The first-order chi connectivity index (χ1) is 23.7. The molecule has 49 heavy (non-hydrogen) atoms. The normalized spacial score (nSPS) is 19.1. The number of hydrogen-bond donors (Lipinski definition) is 2. The van der Waals surface area contributed by atoms with Crippen LogP contribution in [-0.4, -0.2) is 83.7 Å². The number of carboxylic acids is 1. The number of aromatic carboxylic acids is 1. The average molecular weight is 660 g/mol. The summed E-state index contributed by atoms with van der Waals surface area (Å²) in [6.45, 7) is 1.43. The van der Waals surface area contributed by atoms with Crippen molar-refractivity contribution in [2.24, 2.45) is 5.92 Å². The summed E-state index contributed by atoms with van der Waals surface area (Å²) in [4.78, 5) is 60.6. The molecule has 5 aromatic rings. The Bertz CT molecular complexity index is 2070. The number of benzene rings is 3. The number of carboxylic acid groups (broad SMARTS) is 1. The lowest BCUT2D eigenvalue weighted by atomic mass is 9.79. The quantitative estimate of drug-likeness (QED) is 0.267. The molecule has 7 rings (SSSR count). The molecule has 11 nitrogen and oxygen atoms in total. The molecule has 0 saturated carbocycles. The number of amides is 2. The van der Waals surface area contributed by atoms with E-state index in [1.54, 1.807) is 28.0 Å². The zero-order valence-corrected chi connectivity index (χ0v) is 26.9. The Hall–Kier alpha value is -5.55. The minimum Gasteiger partial charge on any atom is -0.478 e. The Morgan fingerprint density at radius 3 is 2.24 bits per heavy atom. The molecule has 0 bridgehead atoms. The van der Waals surface area contributed by atoms with Crippen LogP contribution in [0.4, 0.5) is 0 Å². The monoisotopic (exact) mass is 659 g/mol. The summed E-state index contributed by atoms with van der Waals surface area (Å²) < 4.78 is 3.32.